The van der Waals surface area contributed by atoms with Gasteiger partial charge in [-0.3, -0.25) is 4.79 Å². The lowest BCUT2D eigenvalue weighted by atomic mass is 10.2. The van der Waals surface area contributed by atoms with Crippen molar-refractivity contribution in [1.82, 2.24) is 4.90 Å². The first kappa shape index (κ1) is 10.1. The van der Waals surface area contributed by atoms with Crippen LogP contribution in [0.3, 0.4) is 0 Å². The highest BCUT2D eigenvalue weighted by atomic mass is 32.1. The van der Waals surface area contributed by atoms with Gasteiger partial charge in [-0.15, -0.1) is 0 Å². The van der Waals surface area contributed by atoms with Crippen molar-refractivity contribution >= 4 is 29.0 Å². The topological polar surface area (TPSA) is 46.6 Å². The molecule has 0 bridgehead atoms. The Morgan fingerprint density at radius 3 is 2.69 bits per heavy atom. The molecule has 0 aliphatic carbocycles. The van der Waals surface area contributed by atoms with Crippen LogP contribution in [0.15, 0.2) is 0 Å². The summed E-state index contributed by atoms with van der Waals surface area (Å²) in [6.45, 7) is 1.81. The molecular weight excluding hydrogens is 190 g/mol. The fraction of sp³-hybridized carbons (Fsp3) is 0.625. The first-order chi connectivity index (χ1) is 6.06. The first-order valence-corrected chi connectivity index (χ1v) is 4.34. The number of ether oxygens (including phenoxy) is 1. The molecule has 1 aliphatic rings. The molecule has 1 rings (SSSR count). The lowest BCUT2D eigenvalue weighted by molar-refractivity contribution is -0.150. The third kappa shape index (κ3) is 2.03. The maximum atomic E-state index is 11.2. The van der Waals surface area contributed by atoms with Crippen molar-refractivity contribution in [3.8, 4) is 0 Å². The molecule has 1 amide bonds. The molecular formula is C8H11NO3S. The summed E-state index contributed by atoms with van der Waals surface area (Å²) in [4.78, 5) is 24.4. The van der Waals surface area contributed by atoms with Gasteiger partial charge in [0.1, 0.15) is 6.04 Å². The molecule has 1 fully saturated rings. The predicted octanol–water partition coefficient (Wildman–Crippen LogP) is 0.150. The number of hydrogen-bond acceptors (Lipinski definition) is 4. The molecule has 0 aromatic heterocycles. The predicted molar refractivity (Wildman–Crippen MR) is 50.4 cm³/mol. The zero-order valence-electron chi connectivity index (χ0n) is 7.57. The van der Waals surface area contributed by atoms with Gasteiger partial charge in [-0.2, -0.15) is 0 Å². The third-order valence-corrected chi connectivity index (χ3v) is 2.32. The van der Waals surface area contributed by atoms with Crippen LogP contribution in [0.4, 0.5) is 0 Å². The molecule has 1 aliphatic heterocycles. The molecule has 0 radical (unpaired) electrons. The van der Waals surface area contributed by atoms with E-state index in [4.69, 9.17) is 12.2 Å². The summed E-state index contributed by atoms with van der Waals surface area (Å²) >= 11 is 4.96. The van der Waals surface area contributed by atoms with Gasteiger partial charge in [0.05, 0.1) is 13.7 Å². The van der Waals surface area contributed by atoms with Gasteiger partial charge in [0, 0.05) is 18.2 Å². The van der Waals surface area contributed by atoms with E-state index in [-0.39, 0.29) is 5.91 Å². The number of likely N-dealkylation sites (tertiary alicyclic amines) is 1. The molecule has 1 atom stereocenters. The highest BCUT2D eigenvalue weighted by Gasteiger charge is 2.35. The summed E-state index contributed by atoms with van der Waals surface area (Å²) in [7, 11) is 1.31. The standard InChI is InChI=1S/C8H11NO3S/c1-5(10)9-4-6(13)3-7(9)8(11)12-2/h7H,3-4H2,1-2H3/t7-/m0/s1. The molecule has 72 valence electrons. The number of nitrogens with zero attached hydrogens (tertiary/aromatic N) is 1. The largest absolute Gasteiger partial charge is 0.467 e. The lowest BCUT2D eigenvalue weighted by Gasteiger charge is -2.19. The molecule has 1 heterocycles. The Hall–Kier alpha value is -0.970. The van der Waals surface area contributed by atoms with Crippen LogP contribution in [-0.4, -0.2) is 41.3 Å². The number of hydrogen-bond donors (Lipinski definition) is 0. The minimum Gasteiger partial charge on any atom is -0.467 e. The fourth-order valence-electron chi connectivity index (χ4n) is 1.37. The van der Waals surface area contributed by atoms with Crippen LogP contribution in [0.5, 0.6) is 0 Å². The second-order valence-electron chi connectivity index (χ2n) is 2.93. The molecule has 5 heteroatoms. The van der Waals surface area contributed by atoms with Crippen LogP contribution in [-0.2, 0) is 14.3 Å². The number of rotatable bonds is 1. The SMILES string of the molecule is COC(=O)[C@@H]1CC(=S)CN1C(C)=O. The Morgan fingerprint density at radius 2 is 2.23 bits per heavy atom. The maximum absolute atomic E-state index is 11.2. The zero-order valence-corrected chi connectivity index (χ0v) is 8.39. The monoisotopic (exact) mass is 201 g/mol. The van der Waals surface area contributed by atoms with Crippen molar-refractivity contribution in [2.24, 2.45) is 0 Å². The maximum Gasteiger partial charge on any atom is 0.328 e. The number of methoxy groups -OCH3 is 1. The highest BCUT2D eigenvalue weighted by Crippen LogP contribution is 2.16. The van der Waals surface area contributed by atoms with Gasteiger partial charge in [-0.25, -0.2) is 4.79 Å². The fourth-order valence-corrected chi connectivity index (χ4v) is 1.66. The summed E-state index contributed by atoms with van der Waals surface area (Å²) in [6, 6.07) is -0.505. The van der Waals surface area contributed by atoms with Crippen LogP contribution >= 0.6 is 12.2 Å². The number of thiocarbonyl (C=S) groups is 1. The summed E-state index contributed by atoms with van der Waals surface area (Å²) in [6.07, 6.45) is 0.446. The summed E-state index contributed by atoms with van der Waals surface area (Å²) < 4.78 is 4.57. The van der Waals surface area contributed by atoms with E-state index in [1.54, 1.807) is 0 Å². The average molecular weight is 201 g/mol. The van der Waals surface area contributed by atoms with Gasteiger partial charge in [-0.1, -0.05) is 12.2 Å². The summed E-state index contributed by atoms with van der Waals surface area (Å²) in [5.41, 5.74) is 0. The Bertz CT molecular complexity index is 264. The van der Waals surface area contributed by atoms with Gasteiger partial charge in [0.25, 0.3) is 0 Å². The molecule has 4 nitrogen and oxygen atoms in total. The number of esters is 1. The van der Waals surface area contributed by atoms with E-state index < -0.39 is 12.0 Å². The zero-order chi connectivity index (χ0) is 10.0. The molecule has 0 spiro atoms. The minimum atomic E-state index is -0.505. The number of carbonyl (C=O) groups is 2. The van der Waals surface area contributed by atoms with Crippen molar-refractivity contribution in [2.75, 3.05) is 13.7 Å². The van der Waals surface area contributed by atoms with Crippen LogP contribution in [0, 0.1) is 0 Å². The van der Waals surface area contributed by atoms with E-state index in [0.717, 1.165) is 4.86 Å². The van der Waals surface area contributed by atoms with Crippen molar-refractivity contribution in [3.05, 3.63) is 0 Å². The van der Waals surface area contributed by atoms with Gasteiger partial charge < -0.3 is 9.64 Å². The quantitative estimate of drug-likeness (QED) is 0.447. The molecule has 0 N–H and O–H groups in total. The van der Waals surface area contributed by atoms with Gasteiger partial charge in [0.15, 0.2) is 0 Å². The number of carbonyl (C=O) groups excluding carboxylic acids is 2. The van der Waals surface area contributed by atoms with Crippen LogP contribution < -0.4 is 0 Å². The minimum absolute atomic E-state index is 0.143. The number of amides is 1. The molecule has 0 unspecified atom stereocenters. The van der Waals surface area contributed by atoms with Gasteiger partial charge >= 0.3 is 5.97 Å². The summed E-state index contributed by atoms with van der Waals surface area (Å²) in [5.74, 6) is -0.537. The van der Waals surface area contributed by atoms with E-state index in [0.29, 0.717) is 13.0 Å². The smallest absolute Gasteiger partial charge is 0.328 e. The van der Waals surface area contributed by atoms with E-state index in [1.807, 2.05) is 0 Å². The summed E-state index contributed by atoms with van der Waals surface area (Å²) in [5, 5.41) is 0. The second-order valence-corrected chi connectivity index (χ2v) is 3.51. The normalized spacial score (nSPS) is 21.8. The van der Waals surface area contributed by atoms with E-state index >= 15 is 0 Å². The van der Waals surface area contributed by atoms with Crippen molar-refractivity contribution in [1.29, 1.82) is 0 Å². The van der Waals surface area contributed by atoms with E-state index in [2.05, 4.69) is 4.74 Å². The Morgan fingerprint density at radius 1 is 1.62 bits per heavy atom. The highest BCUT2D eigenvalue weighted by molar-refractivity contribution is 7.80. The van der Waals surface area contributed by atoms with Crippen molar-refractivity contribution < 1.29 is 14.3 Å². The molecule has 13 heavy (non-hydrogen) atoms. The molecule has 0 aromatic carbocycles. The third-order valence-electron chi connectivity index (χ3n) is 2.02. The average Bonchev–Trinajstić information content (AvgIpc) is 2.46. The second kappa shape index (κ2) is 3.83. The first-order valence-electron chi connectivity index (χ1n) is 3.93. The van der Waals surface area contributed by atoms with Crippen molar-refractivity contribution in [3.63, 3.8) is 0 Å². The molecule has 0 saturated carbocycles. The van der Waals surface area contributed by atoms with Gasteiger partial charge in [0.2, 0.25) is 5.91 Å². The molecule has 0 aromatic rings. The Labute approximate surface area is 81.8 Å². The van der Waals surface area contributed by atoms with Crippen LogP contribution in [0.1, 0.15) is 13.3 Å². The van der Waals surface area contributed by atoms with E-state index in [9.17, 15) is 9.59 Å². The Kier molecular flexibility index (Phi) is 2.98. The van der Waals surface area contributed by atoms with Crippen molar-refractivity contribution in [2.45, 2.75) is 19.4 Å². The Balaban J connectivity index is 2.77. The van der Waals surface area contributed by atoms with E-state index in [1.165, 1.54) is 18.9 Å². The molecule has 1 saturated heterocycles. The van der Waals surface area contributed by atoms with Crippen LogP contribution in [0.2, 0.25) is 0 Å². The van der Waals surface area contributed by atoms with Gasteiger partial charge in [-0.05, 0) is 0 Å². The van der Waals surface area contributed by atoms with Crippen LogP contribution in [0.25, 0.3) is 0 Å². The lowest BCUT2D eigenvalue weighted by Crippen LogP contribution is -2.39.